The first-order chi connectivity index (χ1) is 7.04. The average Bonchev–Trinajstić information content (AvgIpc) is 2.62. The van der Waals surface area contributed by atoms with Crippen LogP contribution in [0, 0.1) is 0 Å². The maximum atomic E-state index is 11.6. The van der Waals surface area contributed by atoms with Gasteiger partial charge in [0.05, 0.1) is 6.04 Å². The van der Waals surface area contributed by atoms with Crippen molar-refractivity contribution >= 4 is 11.7 Å². The first kappa shape index (κ1) is 9.89. The zero-order valence-electron chi connectivity index (χ0n) is 9.35. The Balaban J connectivity index is 2.59. The number of allylic oxidation sites excluding steroid dienone is 2. The number of aromatic nitrogens is 3. The topological polar surface area (TPSA) is 51.0 Å². The summed E-state index contributed by atoms with van der Waals surface area (Å²) in [6.45, 7) is 5.49. The summed E-state index contributed by atoms with van der Waals surface area (Å²) in [4.78, 5) is 17.6. The molecule has 0 saturated heterocycles. The number of carbonyl (C=O) groups excluding carboxylic acids is 1. The number of hydrogen-bond donors (Lipinski definition) is 0. The Morgan fingerprint density at radius 2 is 2.20 bits per heavy atom. The highest BCUT2D eigenvalue weighted by Gasteiger charge is 2.29. The molecule has 0 bridgehead atoms. The fraction of sp³-hybridized carbons (Fsp3) is 0.500. The molecule has 5 nitrogen and oxygen atoms in total. The van der Waals surface area contributed by atoms with Gasteiger partial charge in [-0.3, -0.25) is 4.79 Å². The average molecular weight is 206 g/mol. The van der Waals surface area contributed by atoms with Gasteiger partial charge in [0.2, 0.25) is 5.95 Å². The second kappa shape index (κ2) is 3.18. The van der Waals surface area contributed by atoms with E-state index in [1.54, 1.807) is 11.6 Å². The van der Waals surface area contributed by atoms with Crippen LogP contribution in [-0.2, 0) is 4.79 Å². The molecule has 80 valence electrons. The number of carbonyl (C=O) groups is 1. The molecule has 0 spiro atoms. The lowest BCUT2D eigenvalue weighted by Crippen LogP contribution is -2.31. The Bertz CT molecular complexity index is 446. The van der Waals surface area contributed by atoms with Gasteiger partial charge < -0.3 is 4.90 Å². The molecule has 1 atom stereocenters. The van der Waals surface area contributed by atoms with Crippen LogP contribution in [0.1, 0.15) is 26.8 Å². The molecule has 1 aromatic heterocycles. The SMILES string of the molecule is CC(=O)C1=C(C)N(C)c2ncnn2[C@H]1C. The van der Waals surface area contributed by atoms with E-state index in [-0.39, 0.29) is 11.8 Å². The molecule has 0 amide bonds. The molecule has 0 saturated carbocycles. The molecule has 0 N–H and O–H groups in total. The lowest BCUT2D eigenvalue weighted by atomic mass is 10.0. The van der Waals surface area contributed by atoms with E-state index in [2.05, 4.69) is 10.1 Å². The van der Waals surface area contributed by atoms with Crippen LogP contribution in [0.5, 0.6) is 0 Å². The van der Waals surface area contributed by atoms with E-state index in [1.807, 2.05) is 25.8 Å². The molecule has 0 fully saturated rings. The molecular formula is C10H14N4O. The van der Waals surface area contributed by atoms with E-state index in [0.29, 0.717) is 0 Å². The van der Waals surface area contributed by atoms with Crippen molar-refractivity contribution in [3.05, 3.63) is 17.6 Å². The van der Waals surface area contributed by atoms with Gasteiger partial charge in [-0.25, -0.2) is 4.68 Å². The van der Waals surface area contributed by atoms with Crippen LogP contribution >= 0.6 is 0 Å². The number of nitrogens with zero attached hydrogens (tertiary/aromatic N) is 4. The Kier molecular flexibility index (Phi) is 2.10. The molecule has 1 aliphatic heterocycles. The van der Waals surface area contributed by atoms with Crippen LogP contribution in [0.2, 0.25) is 0 Å². The molecule has 15 heavy (non-hydrogen) atoms. The Hall–Kier alpha value is -1.65. The summed E-state index contributed by atoms with van der Waals surface area (Å²) in [5, 5.41) is 4.13. The zero-order valence-corrected chi connectivity index (χ0v) is 9.35. The lowest BCUT2D eigenvalue weighted by molar-refractivity contribution is -0.114. The Labute approximate surface area is 88.4 Å². The molecule has 0 aromatic carbocycles. The molecule has 0 unspecified atom stereocenters. The van der Waals surface area contributed by atoms with E-state index < -0.39 is 0 Å². The highest BCUT2D eigenvalue weighted by molar-refractivity contribution is 5.95. The molecular weight excluding hydrogens is 192 g/mol. The number of fused-ring (bicyclic) bond motifs is 1. The summed E-state index contributed by atoms with van der Waals surface area (Å²) >= 11 is 0. The van der Waals surface area contributed by atoms with E-state index >= 15 is 0 Å². The van der Waals surface area contributed by atoms with Gasteiger partial charge in [0.15, 0.2) is 5.78 Å². The van der Waals surface area contributed by atoms with Crippen molar-refractivity contribution in [2.75, 3.05) is 11.9 Å². The van der Waals surface area contributed by atoms with Crippen molar-refractivity contribution in [2.24, 2.45) is 0 Å². The van der Waals surface area contributed by atoms with Crippen LogP contribution in [0.25, 0.3) is 0 Å². The smallest absolute Gasteiger partial charge is 0.228 e. The maximum absolute atomic E-state index is 11.6. The van der Waals surface area contributed by atoms with Crippen LogP contribution in [0.3, 0.4) is 0 Å². The molecule has 1 aromatic rings. The van der Waals surface area contributed by atoms with Gasteiger partial charge in [0, 0.05) is 18.3 Å². The van der Waals surface area contributed by atoms with Crippen LogP contribution in [-0.4, -0.2) is 27.6 Å². The zero-order chi connectivity index (χ0) is 11.2. The predicted molar refractivity (Wildman–Crippen MR) is 56.5 cm³/mol. The summed E-state index contributed by atoms with van der Waals surface area (Å²) in [6.07, 6.45) is 1.51. The minimum absolute atomic E-state index is 0.0313. The van der Waals surface area contributed by atoms with Gasteiger partial charge in [0.25, 0.3) is 0 Å². The largest absolute Gasteiger partial charge is 0.317 e. The van der Waals surface area contributed by atoms with Crippen LogP contribution in [0.15, 0.2) is 17.6 Å². The summed E-state index contributed by atoms with van der Waals surface area (Å²) in [5.41, 5.74) is 1.76. The first-order valence-electron chi connectivity index (χ1n) is 4.89. The van der Waals surface area contributed by atoms with E-state index in [4.69, 9.17) is 0 Å². The molecule has 0 radical (unpaired) electrons. The fourth-order valence-electron chi connectivity index (χ4n) is 2.06. The van der Waals surface area contributed by atoms with E-state index in [9.17, 15) is 4.79 Å². The number of anilines is 1. The third-order valence-corrected chi connectivity index (χ3v) is 2.91. The lowest BCUT2D eigenvalue weighted by Gasteiger charge is -2.31. The standard InChI is InChI=1S/C10H14N4O/c1-6-9(8(3)15)7(2)14-10(13(6)4)11-5-12-14/h5,7H,1-4H3/t7-/m0/s1. The first-order valence-corrected chi connectivity index (χ1v) is 4.89. The second-order valence-electron chi connectivity index (χ2n) is 3.79. The minimum Gasteiger partial charge on any atom is -0.317 e. The number of rotatable bonds is 1. The fourth-order valence-corrected chi connectivity index (χ4v) is 2.06. The van der Waals surface area contributed by atoms with Gasteiger partial charge in [0.1, 0.15) is 6.33 Å². The summed E-state index contributed by atoms with van der Waals surface area (Å²) < 4.78 is 1.77. The van der Waals surface area contributed by atoms with Crippen molar-refractivity contribution in [3.63, 3.8) is 0 Å². The monoisotopic (exact) mass is 206 g/mol. The predicted octanol–water partition coefficient (Wildman–Crippen LogP) is 1.15. The Morgan fingerprint density at radius 3 is 2.80 bits per heavy atom. The summed E-state index contributed by atoms with van der Waals surface area (Å²) in [6, 6.07) is -0.0313. The van der Waals surface area contributed by atoms with Crippen molar-refractivity contribution in [2.45, 2.75) is 26.8 Å². The van der Waals surface area contributed by atoms with Crippen molar-refractivity contribution in [1.82, 2.24) is 14.8 Å². The van der Waals surface area contributed by atoms with E-state index in [0.717, 1.165) is 17.2 Å². The molecule has 2 heterocycles. The quantitative estimate of drug-likeness (QED) is 0.691. The van der Waals surface area contributed by atoms with Crippen molar-refractivity contribution in [1.29, 1.82) is 0 Å². The molecule has 2 rings (SSSR count). The minimum atomic E-state index is -0.0313. The van der Waals surface area contributed by atoms with E-state index in [1.165, 1.54) is 6.33 Å². The Morgan fingerprint density at radius 1 is 1.53 bits per heavy atom. The summed E-state index contributed by atoms with van der Waals surface area (Å²) in [5.74, 6) is 0.873. The van der Waals surface area contributed by atoms with Gasteiger partial charge in [-0.2, -0.15) is 10.1 Å². The van der Waals surface area contributed by atoms with Crippen molar-refractivity contribution < 1.29 is 4.79 Å². The van der Waals surface area contributed by atoms with Gasteiger partial charge in [-0.1, -0.05) is 0 Å². The number of Topliss-reactive ketones (excluding diaryl/α,β-unsaturated/α-hetero) is 1. The third kappa shape index (κ3) is 1.26. The molecule has 5 heteroatoms. The van der Waals surface area contributed by atoms with Crippen LogP contribution in [0.4, 0.5) is 5.95 Å². The maximum Gasteiger partial charge on any atom is 0.228 e. The summed E-state index contributed by atoms with van der Waals surface area (Å²) in [7, 11) is 1.89. The van der Waals surface area contributed by atoms with Gasteiger partial charge >= 0.3 is 0 Å². The third-order valence-electron chi connectivity index (χ3n) is 2.91. The van der Waals surface area contributed by atoms with Crippen LogP contribution < -0.4 is 4.90 Å². The number of ketones is 1. The highest BCUT2D eigenvalue weighted by atomic mass is 16.1. The second-order valence-corrected chi connectivity index (χ2v) is 3.79. The van der Waals surface area contributed by atoms with Crippen molar-refractivity contribution in [3.8, 4) is 0 Å². The number of hydrogen-bond acceptors (Lipinski definition) is 4. The normalized spacial score (nSPS) is 20.5. The molecule has 1 aliphatic rings. The van der Waals surface area contributed by atoms with Gasteiger partial charge in [-0.05, 0) is 20.8 Å². The van der Waals surface area contributed by atoms with Gasteiger partial charge in [-0.15, -0.1) is 0 Å². The molecule has 0 aliphatic carbocycles. The highest BCUT2D eigenvalue weighted by Crippen LogP contribution is 2.32.